The van der Waals surface area contributed by atoms with E-state index in [2.05, 4.69) is 91.1 Å². The lowest BCUT2D eigenvalue weighted by molar-refractivity contribution is 0.738. The van der Waals surface area contributed by atoms with Gasteiger partial charge in [-0.2, -0.15) is 0 Å². The topological polar surface area (TPSA) is 20.2 Å². The molecule has 2 nitrogen and oxygen atoms in total. The van der Waals surface area contributed by atoms with Crippen molar-refractivity contribution in [3.05, 3.63) is 77.7 Å². The summed E-state index contributed by atoms with van der Waals surface area (Å²) in [5.74, 6) is 1.04. The molecule has 0 aliphatic carbocycles. The van der Waals surface area contributed by atoms with E-state index >= 15 is 0 Å². The Hall–Kier alpha value is -2.48. The molecule has 3 aromatic heterocycles. The molecule has 1 aromatic carbocycles. The van der Waals surface area contributed by atoms with Crippen molar-refractivity contribution in [2.24, 2.45) is 0 Å². The van der Waals surface area contributed by atoms with Crippen molar-refractivity contribution in [1.29, 1.82) is 0 Å². The lowest BCUT2D eigenvalue weighted by atomic mass is 9.98. The zero-order chi connectivity index (χ0) is 16.7. The molecular formula is C22H24N2. The Morgan fingerprint density at radius 2 is 1.83 bits per heavy atom. The molecule has 0 saturated heterocycles. The number of nitrogens with zero attached hydrogens (tertiary/aromatic N) is 1. The van der Waals surface area contributed by atoms with Gasteiger partial charge in [0.05, 0.1) is 0 Å². The first-order chi connectivity index (χ1) is 11.6. The fourth-order valence-corrected chi connectivity index (χ4v) is 3.44. The van der Waals surface area contributed by atoms with Crippen LogP contribution in [0.15, 0.2) is 60.9 Å². The number of benzene rings is 1. The smallest absolute Gasteiger partial charge is 0.0456 e. The van der Waals surface area contributed by atoms with E-state index in [9.17, 15) is 0 Å². The molecule has 2 heteroatoms. The Morgan fingerprint density at radius 3 is 2.62 bits per heavy atom. The zero-order valence-corrected chi connectivity index (χ0v) is 14.6. The summed E-state index contributed by atoms with van der Waals surface area (Å²) in [6, 6.07) is 17.7. The second-order valence-corrected chi connectivity index (χ2v) is 7.21. The minimum Gasteiger partial charge on any atom is -0.358 e. The van der Waals surface area contributed by atoms with Gasteiger partial charge in [0, 0.05) is 35.0 Å². The maximum Gasteiger partial charge on any atom is 0.0456 e. The second-order valence-electron chi connectivity index (χ2n) is 7.21. The summed E-state index contributed by atoms with van der Waals surface area (Å²) >= 11 is 0. The summed E-state index contributed by atoms with van der Waals surface area (Å²) in [5.41, 5.74) is 6.62. The molecule has 0 spiro atoms. The summed E-state index contributed by atoms with van der Waals surface area (Å²) < 4.78 is 2.23. The predicted octanol–water partition coefficient (Wildman–Crippen LogP) is 5.89. The van der Waals surface area contributed by atoms with E-state index in [4.69, 9.17) is 0 Å². The fraction of sp³-hybridized carbons (Fsp3) is 0.273. The third-order valence-electron chi connectivity index (χ3n) is 4.97. The van der Waals surface area contributed by atoms with Crippen LogP contribution in [0.4, 0.5) is 0 Å². The Labute approximate surface area is 143 Å². The van der Waals surface area contributed by atoms with E-state index in [0.29, 0.717) is 11.8 Å². The van der Waals surface area contributed by atoms with Gasteiger partial charge >= 0.3 is 0 Å². The molecule has 1 unspecified atom stereocenters. The van der Waals surface area contributed by atoms with Crippen molar-refractivity contribution in [1.82, 2.24) is 9.38 Å². The van der Waals surface area contributed by atoms with Gasteiger partial charge < -0.3 is 9.38 Å². The van der Waals surface area contributed by atoms with Crippen molar-refractivity contribution in [2.45, 2.75) is 39.0 Å². The Balaban J connectivity index is 1.60. The number of para-hydroxylation sites is 1. The van der Waals surface area contributed by atoms with Gasteiger partial charge in [0.2, 0.25) is 0 Å². The highest BCUT2D eigenvalue weighted by atomic mass is 14.9. The molecule has 0 saturated carbocycles. The van der Waals surface area contributed by atoms with Gasteiger partial charge in [0.15, 0.2) is 0 Å². The maximum absolute atomic E-state index is 3.57. The summed E-state index contributed by atoms with van der Waals surface area (Å²) in [6.07, 6.45) is 5.48. The molecule has 4 rings (SSSR count). The summed E-state index contributed by atoms with van der Waals surface area (Å²) in [7, 11) is 0. The molecule has 4 aromatic rings. The number of nitrogens with one attached hydrogen (secondary N) is 1. The second kappa shape index (κ2) is 5.86. The molecule has 1 atom stereocenters. The summed E-state index contributed by atoms with van der Waals surface area (Å²) in [4.78, 5) is 3.57. The average Bonchev–Trinajstić information content (AvgIpc) is 3.18. The normalized spacial score (nSPS) is 13.2. The Morgan fingerprint density at radius 1 is 1.00 bits per heavy atom. The Kier molecular flexibility index (Phi) is 3.68. The van der Waals surface area contributed by atoms with E-state index in [1.165, 1.54) is 33.2 Å². The highest BCUT2D eigenvalue weighted by Gasteiger charge is 2.11. The van der Waals surface area contributed by atoms with Gasteiger partial charge in [-0.05, 0) is 59.2 Å². The van der Waals surface area contributed by atoms with Crippen LogP contribution < -0.4 is 0 Å². The average molecular weight is 316 g/mol. The Bertz CT molecular complexity index is 954. The summed E-state index contributed by atoms with van der Waals surface area (Å²) in [6.45, 7) is 6.79. The maximum atomic E-state index is 3.57. The monoisotopic (exact) mass is 316 g/mol. The van der Waals surface area contributed by atoms with Crippen LogP contribution in [0, 0.1) is 0 Å². The number of rotatable bonds is 4. The van der Waals surface area contributed by atoms with Crippen LogP contribution in [0.25, 0.3) is 16.4 Å². The standard InChI is InChI=1S/C22H24N2/c1-15(2)19-12-20-11-17(8-9-24(20)14-19)10-16(3)22-13-18-6-4-5-7-21(18)23-22/h4-9,11-16,23H,10H2,1-3H3. The predicted molar refractivity (Wildman–Crippen MR) is 102 cm³/mol. The van der Waals surface area contributed by atoms with Gasteiger partial charge in [0.25, 0.3) is 0 Å². The number of aromatic amines is 1. The van der Waals surface area contributed by atoms with Crippen molar-refractivity contribution in [3.63, 3.8) is 0 Å². The zero-order valence-electron chi connectivity index (χ0n) is 14.6. The highest BCUT2D eigenvalue weighted by Crippen LogP contribution is 2.25. The largest absolute Gasteiger partial charge is 0.358 e. The van der Waals surface area contributed by atoms with Gasteiger partial charge in [-0.15, -0.1) is 0 Å². The van der Waals surface area contributed by atoms with Crippen LogP contribution in [0.5, 0.6) is 0 Å². The number of H-pyrrole nitrogens is 1. The van der Waals surface area contributed by atoms with Gasteiger partial charge in [-0.3, -0.25) is 0 Å². The number of fused-ring (bicyclic) bond motifs is 2. The van der Waals surface area contributed by atoms with Crippen LogP contribution >= 0.6 is 0 Å². The number of aromatic nitrogens is 2. The van der Waals surface area contributed by atoms with Crippen molar-refractivity contribution in [3.8, 4) is 0 Å². The quantitative estimate of drug-likeness (QED) is 0.484. The molecule has 0 bridgehead atoms. The molecule has 0 fully saturated rings. The van der Waals surface area contributed by atoms with Gasteiger partial charge in [-0.1, -0.05) is 39.0 Å². The third-order valence-corrected chi connectivity index (χ3v) is 4.97. The molecule has 1 N–H and O–H groups in total. The van der Waals surface area contributed by atoms with E-state index in [0.717, 1.165) is 6.42 Å². The third kappa shape index (κ3) is 2.73. The first-order valence-corrected chi connectivity index (χ1v) is 8.78. The van der Waals surface area contributed by atoms with Gasteiger partial charge in [-0.25, -0.2) is 0 Å². The minimum absolute atomic E-state index is 0.472. The number of hydrogen-bond acceptors (Lipinski definition) is 0. The SMILES string of the molecule is CC(C)c1cc2cc(CC(C)c3cc4ccccc4[nH]3)ccn2c1. The van der Waals surface area contributed by atoms with E-state index < -0.39 is 0 Å². The van der Waals surface area contributed by atoms with E-state index in [1.54, 1.807) is 0 Å². The van der Waals surface area contributed by atoms with Crippen molar-refractivity contribution < 1.29 is 0 Å². The number of hydrogen-bond donors (Lipinski definition) is 1. The van der Waals surface area contributed by atoms with Crippen LogP contribution in [0.2, 0.25) is 0 Å². The van der Waals surface area contributed by atoms with E-state index in [1.807, 2.05) is 0 Å². The van der Waals surface area contributed by atoms with Gasteiger partial charge in [0.1, 0.15) is 0 Å². The minimum atomic E-state index is 0.472. The lowest BCUT2D eigenvalue weighted by Crippen LogP contribution is -1.99. The van der Waals surface area contributed by atoms with Crippen LogP contribution in [0.3, 0.4) is 0 Å². The molecular weight excluding hydrogens is 292 g/mol. The van der Waals surface area contributed by atoms with Crippen molar-refractivity contribution >= 4 is 16.4 Å². The molecule has 122 valence electrons. The molecule has 0 radical (unpaired) electrons. The van der Waals surface area contributed by atoms with E-state index in [-0.39, 0.29) is 0 Å². The first-order valence-electron chi connectivity index (χ1n) is 8.78. The molecule has 3 heterocycles. The molecule has 24 heavy (non-hydrogen) atoms. The lowest BCUT2D eigenvalue weighted by Gasteiger charge is -2.10. The first kappa shape index (κ1) is 15.1. The fourth-order valence-electron chi connectivity index (χ4n) is 3.44. The van der Waals surface area contributed by atoms with Crippen LogP contribution in [-0.4, -0.2) is 9.38 Å². The summed E-state index contributed by atoms with van der Waals surface area (Å²) in [5, 5.41) is 1.29. The van der Waals surface area contributed by atoms with Crippen LogP contribution in [0.1, 0.15) is 49.4 Å². The molecule has 0 amide bonds. The molecule has 0 aliphatic heterocycles. The number of pyridine rings is 1. The highest BCUT2D eigenvalue weighted by molar-refractivity contribution is 5.80. The van der Waals surface area contributed by atoms with Crippen LogP contribution in [-0.2, 0) is 6.42 Å². The van der Waals surface area contributed by atoms with Crippen molar-refractivity contribution in [2.75, 3.05) is 0 Å². The molecule has 0 aliphatic rings.